The van der Waals surface area contributed by atoms with Crippen molar-refractivity contribution in [3.63, 3.8) is 0 Å². The van der Waals surface area contributed by atoms with Gasteiger partial charge in [-0.1, -0.05) is 0 Å². The molecular weight excluding hydrogens is 557 g/mol. The van der Waals surface area contributed by atoms with Gasteiger partial charge < -0.3 is 31.7 Å². The number of alkyl halides is 1. The van der Waals surface area contributed by atoms with Crippen molar-refractivity contribution >= 4 is 51.9 Å². The molecule has 6 heterocycles. The summed E-state index contributed by atoms with van der Waals surface area (Å²) in [6, 6.07) is 2.38. The minimum Gasteiger partial charge on any atom is -0.461 e. The zero-order valence-corrected chi connectivity index (χ0v) is 23.6. The van der Waals surface area contributed by atoms with Gasteiger partial charge in [-0.3, -0.25) is 9.69 Å². The summed E-state index contributed by atoms with van der Waals surface area (Å²) in [6.45, 7) is 2.52. The van der Waals surface area contributed by atoms with Crippen LogP contribution in [0.25, 0.3) is 0 Å². The summed E-state index contributed by atoms with van der Waals surface area (Å²) in [4.78, 5) is 36.3. The van der Waals surface area contributed by atoms with Gasteiger partial charge in [-0.2, -0.15) is 25.2 Å². The Morgan fingerprint density at radius 2 is 2.15 bits per heavy atom. The average Bonchev–Trinajstić information content (AvgIpc) is 3.59. The van der Waals surface area contributed by atoms with Gasteiger partial charge in [0.05, 0.1) is 15.8 Å². The number of nitrogens with two attached hydrogens (primary N) is 3. The van der Waals surface area contributed by atoms with Crippen molar-refractivity contribution in [2.75, 3.05) is 61.9 Å². The molecule has 13 nitrogen and oxygen atoms in total. The zero-order valence-electron chi connectivity index (χ0n) is 22.0. The van der Waals surface area contributed by atoms with Gasteiger partial charge in [-0.25, -0.2) is 4.39 Å². The summed E-state index contributed by atoms with van der Waals surface area (Å²) >= 11 is 3.27. The number of aliphatic imine (C=N–C) groups is 1. The summed E-state index contributed by atoms with van der Waals surface area (Å²) in [5.41, 5.74) is 18.0. The highest BCUT2D eigenvalue weighted by Crippen LogP contribution is 2.57. The number of nitrogen functional groups attached to an aromatic ring is 1. The third kappa shape index (κ3) is 4.55. The summed E-state index contributed by atoms with van der Waals surface area (Å²) in [7, 11) is 1.65. The van der Waals surface area contributed by atoms with Crippen LogP contribution in [0.15, 0.2) is 4.99 Å². The van der Waals surface area contributed by atoms with Gasteiger partial charge in [0, 0.05) is 49.3 Å². The fourth-order valence-corrected chi connectivity index (χ4v) is 9.05. The number of ether oxygens (including phenoxy) is 1. The van der Waals surface area contributed by atoms with E-state index in [1.54, 1.807) is 18.8 Å². The summed E-state index contributed by atoms with van der Waals surface area (Å²) in [5, 5.41) is 10.3. The highest BCUT2D eigenvalue weighted by atomic mass is 32.2. The molecule has 6 N–H and O–H groups in total. The number of thiophene rings is 1. The van der Waals surface area contributed by atoms with Crippen molar-refractivity contribution in [1.82, 2.24) is 19.9 Å². The molecule has 212 valence electrons. The number of amides is 1. The molecule has 6 rings (SSSR count). The van der Waals surface area contributed by atoms with Crippen molar-refractivity contribution in [3.8, 4) is 12.1 Å². The number of rotatable bonds is 7. The largest absolute Gasteiger partial charge is 0.461 e. The first-order valence-electron chi connectivity index (χ1n) is 12.9. The molecule has 2 atom stereocenters. The number of guanidine groups is 1. The Morgan fingerprint density at radius 1 is 1.35 bits per heavy atom. The summed E-state index contributed by atoms with van der Waals surface area (Å²) in [6.07, 6.45) is 1.39. The second-order valence-electron chi connectivity index (χ2n) is 10.8. The number of anilines is 3. The van der Waals surface area contributed by atoms with E-state index in [1.165, 1.54) is 16.2 Å². The number of hydrogen-bond acceptors (Lipinski definition) is 12. The van der Waals surface area contributed by atoms with Crippen LogP contribution < -0.4 is 31.7 Å². The molecule has 0 radical (unpaired) electrons. The Balaban J connectivity index is 1.26. The van der Waals surface area contributed by atoms with Gasteiger partial charge in [-0.05, 0) is 19.4 Å². The number of nitrogens with zero attached hydrogens (tertiary/aromatic N) is 8. The van der Waals surface area contributed by atoms with Crippen LogP contribution in [0.5, 0.6) is 6.01 Å². The van der Waals surface area contributed by atoms with Crippen molar-refractivity contribution in [1.29, 1.82) is 5.26 Å². The van der Waals surface area contributed by atoms with Crippen LogP contribution in [0.4, 0.5) is 21.3 Å². The molecule has 1 amide bonds. The molecule has 2 aromatic rings. The second-order valence-corrected chi connectivity index (χ2v) is 13.3. The molecule has 4 aliphatic rings. The smallest absolute Gasteiger partial charge is 0.323 e. The molecule has 3 saturated heterocycles. The molecule has 0 bridgehead atoms. The number of thioether (sulfide) groups is 1. The van der Waals surface area contributed by atoms with E-state index >= 15 is 0 Å². The highest BCUT2D eigenvalue weighted by molar-refractivity contribution is 8.00. The Morgan fingerprint density at radius 3 is 2.90 bits per heavy atom. The Bertz CT molecular complexity index is 1420. The van der Waals surface area contributed by atoms with Gasteiger partial charge in [0.1, 0.15) is 30.4 Å². The first kappa shape index (κ1) is 26.8. The maximum Gasteiger partial charge on any atom is 0.323 e. The molecule has 3 fully saturated rings. The zero-order chi connectivity index (χ0) is 28.2. The van der Waals surface area contributed by atoms with Gasteiger partial charge in [-0.15, -0.1) is 23.1 Å². The molecule has 0 aliphatic carbocycles. The Labute approximate surface area is 238 Å². The number of nitriles is 1. The number of hydrogen-bond donors (Lipinski definition) is 3. The first-order chi connectivity index (χ1) is 19.1. The van der Waals surface area contributed by atoms with E-state index in [0.717, 1.165) is 35.6 Å². The molecular formula is C24H30FN11O2S2. The van der Waals surface area contributed by atoms with Crippen molar-refractivity contribution < 1.29 is 13.9 Å². The third-order valence-corrected chi connectivity index (χ3v) is 10.7. The van der Waals surface area contributed by atoms with E-state index < -0.39 is 12.1 Å². The summed E-state index contributed by atoms with van der Waals surface area (Å²) < 4.78 is 20.2. The van der Waals surface area contributed by atoms with Crippen molar-refractivity contribution in [2.24, 2.45) is 16.5 Å². The molecule has 16 heteroatoms. The van der Waals surface area contributed by atoms with Gasteiger partial charge >= 0.3 is 6.01 Å². The molecule has 4 aliphatic heterocycles. The average molecular weight is 588 g/mol. The molecule has 40 heavy (non-hydrogen) atoms. The second kappa shape index (κ2) is 9.89. The van der Waals surface area contributed by atoms with Gasteiger partial charge in [0.15, 0.2) is 5.96 Å². The SMILES string of the molecule is CN(CC(=O)N=C(N)N)c1nc(OC[C@@]23CCCN2C[C@H](F)C3)nc(N2CC3(C2)SCc2sc(N)c(C#N)c23)n1. The molecule has 0 saturated carbocycles. The lowest BCUT2D eigenvalue weighted by Crippen LogP contribution is -2.57. The fraction of sp³-hybridized carbons (Fsp3) is 0.583. The van der Waals surface area contributed by atoms with E-state index in [0.29, 0.717) is 42.6 Å². The maximum atomic E-state index is 14.3. The van der Waals surface area contributed by atoms with E-state index in [1.807, 2.05) is 4.90 Å². The predicted molar refractivity (Wildman–Crippen MR) is 151 cm³/mol. The van der Waals surface area contributed by atoms with Crippen LogP contribution in [0.1, 0.15) is 35.3 Å². The van der Waals surface area contributed by atoms with Crippen LogP contribution in [-0.4, -0.2) is 89.8 Å². The third-order valence-electron chi connectivity index (χ3n) is 8.02. The predicted octanol–water partition coefficient (Wildman–Crippen LogP) is 0.541. The van der Waals surface area contributed by atoms with E-state index in [4.69, 9.17) is 21.9 Å². The standard InChI is InChI=1S/C24H30FN11O2S2/c1-34(8-16(37)30-19(28)29)20-31-21(33-22(32-20)38-12-23-3-2-4-36(23)7-13(25)5-23)35-10-24(11-35)17-14(6-26)18(27)40-15(17)9-39-24/h13H,2-5,7-12,27H2,1H3,(H4,28,29,30,37)/t13-,23+/m1/s1. The molecule has 1 spiro atoms. The van der Waals surface area contributed by atoms with Crippen molar-refractivity contribution in [3.05, 3.63) is 16.0 Å². The van der Waals surface area contributed by atoms with Crippen molar-refractivity contribution in [2.45, 2.75) is 41.5 Å². The Hall–Kier alpha value is -3.42. The number of carbonyl (C=O) groups is 1. The van der Waals surface area contributed by atoms with Crippen LogP contribution in [0.2, 0.25) is 0 Å². The monoisotopic (exact) mass is 587 g/mol. The van der Waals surface area contributed by atoms with E-state index in [2.05, 4.69) is 30.9 Å². The lowest BCUT2D eigenvalue weighted by atomic mass is 9.88. The fourth-order valence-electron chi connectivity index (χ4n) is 6.24. The van der Waals surface area contributed by atoms with Crippen LogP contribution in [0, 0.1) is 11.3 Å². The lowest BCUT2D eigenvalue weighted by Gasteiger charge is -2.47. The van der Waals surface area contributed by atoms with E-state index in [-0.39, 0.29) is 41.4 Å². The number of fused-ring (bicyclic) bond motifs is 3. The molecule has 0 aromatic carbocycles. The van der Waals surface area contributed by atoms with E-state index in [9.17, 15) is 14.4 Å². The van der Waals surface area contributed by atoms with Crippen LogP contribution >= 0.6 is 23.1 Å². The molecule has 0 unspecified atom stereocenters. The van der Waals surface area contributed by atoms with Gasteiger partial charge in [0.2, 0.25) is 11.9 Å². The minimum absolute atomic E-state index is 0.0999. The highest BCUT2D eigenvalue weighted by Gasteiger charge is 2.53. The number of aromatic nitrogens is 3. The lowest BCUT2D eigenvalue weighted by molar-refractivity contribution is -0.116. The first-order valence-corrected chi connectivity index (χ1v) is 14.7. The topological polar surface area (TPSA) is 189 Å². The number of carbonyl (C=O) groups excluding carboxylic acids is 1. The Kier molecular flexibility index (Phi) is 6.62. The van der Waals surface area contributed by atoms with Gasteiger partial charge in [0.25, 0.3) is 5.91 Å². The minimum atomic E-state index is -0.878. The number of halogens is 1. The summed E-state index contributed by atoms with van der Waals surface area (Å²) in [5.74, 6) is 0.530. The normalized spacial score (nSPS) is 24.3. The van der Waals surface area contributed by atoms with Crippen LogP contribution in [-0.2, 0) is 15.3 Å². The number of likely N-dealkylation sites (N-methyl/N-ethyl adjacent to an activating group) is 1. The maximum absolute atomic E-state index is 14.3. The molecule has 2 aromatic heterocycles. The van der Waals surface area contributed by atoms with Crippen LogP contribution in [0.3, 0.4) is 0 Å². The quantitative estimate of drug-likeness (QED) is 0.301.